The largest absolute Gasteiger partial charge is 0.394 e. The van der Waals surface area contributed by atoms with Gasteiger partial charge in [0.05, 0.1) is 45.7 Å². The second kappa shape index (κ2) is 23.0. The van der Waals surface area contributed by atoms with Crippen LogP contribution < -0.4 is 0 Å². The number of fused-ring (bicyclic) bond motifs is 2. The normalized spacial score (nSPS) is 32.3. The minimum Gasteiger partial charge on any atom is -0.394 e. The zero-order chi connectivity index (χ0) is 48.5. The van der Waals surface area contributed by atoms with Crippen molar-refractivity contribution in [2.24, 2.45) is 21.9 Å². The Hall–Kier alpha value is -4.99. The number of ether oxygens (including phenoxy) is 8. The third-order valence-electron chi connectivity index (χ3n) is 15.7. The molecule has 70 heavy (non-hydrogen) atoms. The highest BCUT2D eigenvalue weighted by Crippen LogP contribution is 2.66. The van der Waals surface area contributed by atoms with Gasteiger partial charge in [-0.1, -0.05) is 178 Å². The summed E-state index contributed by atoms with van der Waals surface area (Å²) in [6.45, 7) is 7.35. The molecule has 1 aliphatic heterocycles. The van der Waals surface area contributed by atoms with Gasteiger partial charge in [0, 0.05) is 4.91 Å². The molecule has 9 rings (SSSR count). The van der Waals surface area contributed by atoms with E-state index < -0.39 is 73.9 Å². The van der Waals surface area contributed by atoms with Crippen LogP contribution in [-0.2, 0) is 70.9 Å². The van der Waals surface area contributed by atoms with Crippen molar-refractivity contribution in [2.75, 3.05) is 6.61 Å². The van der Waals surface area contributed by atoms with Gasteiger partial charge in [0.1, 0.15) is 61.0 Å². The molecule has 1 saturated heterocycles. The Morgan fingerprint density at radius 2 is 0.943 bits per heavy atom. The van der Waals surface area contributed by atoms with Crippen LogP contribution in [0.1, 0.15) is 67.9 Å². The quantitative estimate of drug-likeness (QED) is 0.0411. The Labute approximate surface area is 411 Å². The highest BCUT2D eigenvalue weighted by molar-refractivity contribution is 5.19. The number of hydrogen-bond donors (Lipinski definition) is 2. The average Bonchev–Trinajstić information content (AvgIpc) is 3.73. The molecule has 13 heteroatoms. The first-order chi connectivity index (χ1) is 34.2. The van der Waals surface area contributed by atoms with Crippen LogP contribution in [0.4, 0.5) is 0 Å². The molecule has 0 spiro atoms. The maximum atomic E-state index is 13.2. The molecule has 1 heterocycles. The number of benzene rings is 5. The Kier molecular flexibility index (Phi) is 16.5. The lowest BCUT2D eigenvalue weighted by molar-refractivity contribution is -0.340. The van der Waals surface area contributed by atoms with Crippen molar-refractivity contribution in [1.29, 1.82) is 0 Å². The van der Waals surface area contributed by atoms with E-state index in [0.717, 1.165) is 47.1 Å². The second-order valence-electron chi connectivity index (χ2n) is 20.0. The summed E-state index contributed by atoms with van der Waals surface area (Å²) in [6.07, 6.45) is -7.85. The first-order valence-electron chi connectivity index (χ1n) is 24.7. The Bertz CT molecular complexity index is 2420. The Morgan fingerprint density at radius 3 is 1.31 bits per heavy atom. The highest BCUT2D eigenvalue weighted by atomic mass is 16.7. The second-order valence-corrected chi connectivity index (χ2v) is 20.0. The van der Waals surface area contributed by atoms with Crippen LogP contribution in [0.5, 0.6) is 0 Å². The highest BCUT2D eigenvalue weighted by Gasteiger charge is 2.64. The van der Waals surface area contributed by atoms with Crippen LogP contribution in [0, 0.1) is 16.7 Å². The van der Waals surface area contributed by atoms with Crippen molar-refractivity contribution < 1.29 is 48.1 Å². The lowest BCUT2D eigenvalue weighted by Crippen LogP contribution is -2.69. The molecule has 2 bridgehead atoms. The summed E-state index contributed by atoms with van der Waals surface area (Å²) in [5, 5.41) is 28.6. The molecule has 5 aromatic carbocycles. The van der Waals surface area contributed by atoms with E-state index >= 15 is 0 Å². The minimum atomic E-state index is -1.39. The fourth-order valence-electron chi connectivity index (χ4n) is 11.3. The first kappa shape index (κ1) is 50.0. The van der Waals surface area contributed by atoms with Gasteiger partial charge < -0.3 is 48.1 Å². The smallest absolute Gasteiger partial charge is 0.169 e. The molecule has 370 valence electrons. The van der Waals surface area contributed by atoms with E-state index in [1.54, 1.807) is 0 Å². The fraction of sp³-hybridized carbons (Fsp3) is 0.474. The molecule has 4 aliphatic rings. The first-order valence-corrected chi connectivity index (χ1v) is 24.7. The minimum absolute atomic E-state index is 0.00374. The van der Waals surface area contributed by atoms with Gasteiger partial charge in [-0.15, -0.1) is 0 Å². The van der Waals surface area contributed by atoms with Gasteiger partial charge in [0.25, 0.3) is 0 Å². The summed E-state index contributed by atoms with van der Waals surface area (Å²) in [6, 6.07) is 47.7. The molecule has 13 nitrogen and oxygen atoms in total. The van der Waals surface area contributed by atoms with Gasteiger partial charge in [-0.05, 0) is 69.4 Å². The van der Waals surface area contributed by atoms with Crippen LogP contribution in [0.3, 0.4) is 0 Å². The molecule has 0 amide bonds. The van der Waals surface area contributed by atoms with E-state index in [2.05, 4.69) is 30.8 Å². The standard InChI is InChI=1S/C57H67N3O10/c1-56(2)43-29-30-57(56,3)45(31-43)69-50-47(62)51(53(66-36-41-25-15-7-16-26-41)54(67-37-42-27-17-8-18-28-42)52(50)65-35-40-23-13-6-14-24-40)70-55-46(59-60-58)49(64-34-39-21-11-5-12-22-39)48(44(32-61)68-55)63-33-38-19-9-4-10-20-38/h4-28,43-55,61-62H,29-37H2,1-3H3/t43-,44+,45+,46+,47+,48+,49+,50-,51-,52-,53+,54+,55+,57+/m0/s1. The SMILES string of the molecule is CC1(C)[C@H]2CC[C@]1(C)[C@H](O[C@H]1[C@@H](O)[C@H](O[C@H]3O[C@H](CO)[C@@H](OCc4ccccc4)[C@H](OCc4ccccc4)[C@H]3N=[N+]=[N-])[C@@H](OCc3ccccc3)[C@H](OCc3ccccc3)[C@H]1OCc1ccccc1)C2. The molecular weight excluding hydrogens is 887 g/mol. The summed E-state index contributed by atoms with van der Waals surface area (Å²) in [4.78, 5) is 3.30. The van der Waals surface area contributed by atoms with Crippen LogP contribution in [-0.4, -0.2) is 90.2 Å². The summed E-state index contributed by atoms with van der Waals surface area (Å²) in [5.74, 6) is 0.451. The maximum absolute atomic E-state index is 13.2. The van der Waals surface area contributed by atoms with Crippen LogP contribution in [0.2, 0.25) is 0 Å². The van der Waals surface area contributed by atoms with Gasteiger partial charge in [-0.2, -0.15) is 0 Å². The van der Waals surface area contributed by atoms with E-state index in [9.17, 15) is 15.7 Å². The van der Waals surface area contributed by atoms with E-state index in [0.29, 0.717) is 5.92 Å². The van der Waals surface area contributed by atoms with Crippen molar-refractivity contribution in [3.05, 3.63) is 190 Å². The fourth-order valence-corrected chi connectivity index (χ4v) is 11.3. The average molecular weight is 954 g/mol. The van der Waals surface area contributed by atoms with Crippen molar-refractivity contribution in [2.45, 2.75) is 146 Å². The number of hydrogen-bond acceptors (Lipinski definition) is 11. The molecule has 0 radical (unpaired) electrons. The van der Waals surface area contributed by atoms with E-state index in [-0.39, 0.29) is 50.0 Å². The summed E-state index contributed by atoms with van der Waals surface area (Å²) >= 11 is 0. The van der Waals surface area contributed by atoms with Crippen molar-refractivity contribution in [3.8, 4) is 0 Å². The monoisotopic (exact) mass is 953 g/mol. The van der Waals surface area contributed by atoms with E-state index in [1.807, 2.05) is 152 Å². The molecule has 0 unspecified atom stereocenters. The van der Waals surface area contributed by atoms with Crippen molar-refractivity contribution in [1.82, 2.24) is 0 Å². The van der Waals surface area contributed by atoms with Gasteiger partial charge in [0.2, 0.25) is 0 Å². The lowest BCUT2D eigenvalue weighted by Gasteiger charge is -2.52. The third kappa shape index (κ3) is 11.1. The zero-order valence-electron chi connectivity index (χ0n) is 40.3. The number of aliphatic hydroxyl groups is 2. The van der Waals surface area contributed by atoms with Gasteiger partial charge in [0.15, 0.2) is 6.29 Å². The predicted molar refractivity (Wildman–Crippen MR) is 263 cm³/mol. The van der Waals surface area contributed by atoms with Crippen LogP contribution in [0.15, 0.2) is 157 Å². The number of aliphatic hydroxyl groups excluding tert-OH is 2. The number of rotatable bonds is 21. The molecule has 3 aliphatic carbocycles. The van der Waals surface area contributed by atoms with E-state index in [1.165, 1.54) is 0 Å². The predicted octanol–water partition coefficient (Wildman–Crippen LogP) is 9.67. The zero-order valence-corrected chi connectivity index (χ0v) is 40.3. The number of nitrogens with zero attached hydrogens (tertiary/aromatic N) is 3. The van der Waals surface area contributed by atoms with Gasteiger partial charge in [-0.3, -0.25) is 0 Å². The molecule has 4 fully saturated rings. The Balaban J connectivity index is 1.11. The molecule has 14 atom stereocenters. The van der Waals surface area contributed by atoms with E-state index in [4.69, 9.17) is 37.9 Å². The third-order valence-corrected chi connectivity index (χ3v) is 15.7. The molecular formula is C57H67N3O10. The Morgan fingerprint density at radius 1 is 0.557 bits per heavy atom. The topological polar surface area (TPSA) is 163 Å². The van der Waals surface area contributed by atoms with Crippen molar-refractivity contribution >= 4 is 0 Å². The molecule has 5 aromatic rings. The molecule has 2 N–H and O–H groups in total. The summed E-state index contributed by atoms with van der Waals surface area (Å²) in [7, 11) is 0. The van der Waals surface area contributed by atoms with Crippen molar-refractivity contribution in [3.63, 3.8) is 0 Å². The molecule has 0 aromatic heterocycles. The van der Waals surface area contributed by atoms with Crippen LogP contribution in [0.25, 0.3) is 10.4 Å². The lowest BCUT2D eigenvalue weighted by atomic mass is 9.70. The van der Waals surface area contributed by atoms with Gasteiger partial charge in [-0.25, -0.2) is 0 Å². The summed E-state index contributed by atoms with van der Waals surface area (Å²) in [5.41, 5.74) is 14.6. The maximum Gasteiger partial charge on any atom is 0.169 e. The number of azide groups is 1. The summed E-state index contributed by atoms with van der Waals surface area (Å²) < 4.78 is 55.4. The molecule has 3 saturated carbocycles. The van der Waals surface area contributed by atoms with Gasteiger partial charge >= 0.3 is 0 Å². The van der Waals surface area contributed by atoms with Crippen LogP contribution >= 0.6 is 0 Å².